The molecule has 1 saturated heterocycles. The molecule has 2 aliphatic heterocycles. The van der Waals surface area contributed by atoms with Crippen molar-refractivity contribution in [2.24, 2.45) is 11.8 Å². The van der Waals surface area contributed by atoms with Gasteiger partial charge in [-0.25, -0.2) is 27.6 Å². The SMILES string of the molecule is COCC(COC)OC(=O)OCOP(=O)(OCOC(=O)OC(COC)COC)OC1C2C(C)C(N3C=CC(=O)NC3O)OC12CF. The Labute approximate surface area is 263 Å². The molecule has 0 spiro atoms. The van der Waals surface area contributed by atoms with Crippen LogP contribution in [0.4, 0.5) is 14.0 Å². The van der Waals surface area contributed by atoms with Crippen LogP contribution in [0.25, 0.3) is 0 Å². The molecule has 0 aromatic rings. The van der Waals surface area contributed by atoms with Gasteiger partial charge in [-0.3, -0.25) is 9.32 Å². The largest absolute Gasteiger partial charge is 0.510 e. The Hall–Kier alpha value is -2.65. The Morgan fingerprint density at radius 3 is 1.91 bits per heavy atom. The monoisotopic (exact) mass is 690 g/mol. The molecule has 6 atom stereocenters. The van der Waals surface area contributed by atoms with Crippen LogP contribution in [0.1, 0.15) is 6.92 Å². The van der Waals surface area contributed by atoms with Crippen molar-refractivity contribution in [1.29, 1.82) is 0 Å². The molecule has 3 aliphatic rings. The Morgan fingerprint density at radius 1 is 1.00 bits per heavy atom. The number of methoxy groups -OCH3 is 4. The van der Waals surface area contributed by atoms with Crippen molar-refractivity contribution in [2.75, 3.05) is 75.1 Å². The molecule has 0 bridgehead atoms. The normalized spacial score (nSPS) is 27.0. The number of fused-ring (bicyclic) bond motifs is 1. The van der Waals surface area contributed by atoms with Crippen molar-refractivity contribution in [3.05, 3.63) is 12.3 Å². The molecule has 2 fully saturated rings. The fourth-order valence-electron chi connectivity index (χ4n) is 5.01. The molecule has 1 aliphatic carbocycles. The number of phosphoric acid groups is 1. The summed E-state index contributed by atoms with van der Waals surface area (Å²) in [6.07, 6.45) is -5.23. The standard InChI is InChI=1S/C25H40FN2O17P/c1-15-19-20(25(19,12-26)44-21(15)28-7-6-18(29)27-22(28)30)45-46(33,40-13-38-23(31)42-16(8-34-2)9-35-3)41-14-39-24(32)43-17(10-36-4)11-37-5/h6-7,15-17,19-22,30H,8-14H2,1-5H3,(H,27,29). The second-order valence-corrected chi connectivity index (χ2v) is 11.8. The molecule has 46 heavy (non-hydrogen) atoms. The molecular weight excluding hydrogens is 650 g/mol. The van der Waals surface area contributed by atoms with Gasteiger partial charge in [-0.2, -0.15) is 0 Å². The van der Waals surface area contributed by atoms with E-state index in [2.05, 4.69) is 5.32 Å². The fraction of sp³-hybridized carbons (Fsp3) is 0.800. The lowest BCUT2D eigenvalue weighted by atomic mass is 10.0. The highest BCUT2D eigenvalue weighted by atomic mass is 31.2. The average Bonchev–Trinajstić information content (AvgIpc) is 3.49. The van der Waals surface area contributed by atoms with Gasteiger partial charge in [0, 0.05) is 52.6 Å². The number of halogens is 1. The molecular formula is C25H40FN2O17P. The van der Waals surface area contributed by atoms with Crippen LogP contribution in [0, 0.1) is 11.8 Å². The molecule has 0 aromatic heterocycles. The Kier molecular flexibility index (Phi) is 14.4. The summed E-state index contributed by atoms with van der Waals surface area (Å²) in [6, 6.07) is 0. The maximum Gasteiger partial charge on any atom is 0.510 e. The van der Waals surface area contributed by atoms with E-state index in [4.69, 9.17) is 56.2 Å². The van der Waals surface area contributed by atoms with Gasteiger partial charge in [0.2, 0.25) is 25.8 Å². The third-order valence-corrected chi connectivity index (χ3v) is 8.36. The maximum atomic E-state index is 14.5. The Morgan fingerprint density at radius 2 is 1.50 bits per heavy atom. The molecule has 0 aromatic carbocycles. The highest BCUT2D eigenvalue weighted by Gasteiger charge is 2.78. The molecule has 3 rings (SSSR count). The van der Waals surface area contributed by atoms with Gasteiger partial charge in [0.1, 0.15) is 24.6 Å². The zero-order valence-corrected chi connectivity index (χ0v) is 26.8. The number of carbonyl (C=O) groups is 3. The van der Waals surface area contributed by atoms with Crippen LogP contribution in [-0.4, -0.2) is 140 Å². The van der Waals surface area contributed by atoms with Crippen molar-refractivity contribution in [2.45, 2.75) is 43.4 Å². The predicted molar refractivity (Wildman–Crippen MR) is 146 cm³/mol. The van der Waals surface area contributed by atoms with Crippen LogP contribution in [-0.2, 0) is 65.6 Å². The van der Waals surface area contributed by atoms with E-state index >= 15 is 0 Å². The summed E-state index contributed by atoms with van der Waals surface area (Å²) in [5, 5.41) is 12.5. The maximum absolute atomic E-state index is 14.5. The Balaban J connectivity index is 1.65. The minimum Gasteiger partial charge on any atom is -0.426 e. The number of phosphoric ester groups is 1. The third-order valence-electron chi connectivity index (χ3n) is 7.03. The van der Waals surface area contributed by atoms with Gasteiger partial charge in [-0.05, 0) is 0 Å². The number of nitrogens with zero attached hydrogens (tertiary/aromatic N) is 1. The number of aliphatic hydroxyl groups is 1. The van der Waals surface area contributed by atoms with Gasteiger partial charge in [0.15, 0.2) is 12.2 Å². The molecule has 1 saturated carbocycles. The highest BCUT2D eigenvalue weighted by Crippen LogP contribution is 2.67. The minimum absolute atomic E-state index is 0.0122. The molecule has 264 valence electrons. The van der Waals surface area contributed by atoms with Crippen molar-refractivity contribution in [3.8, 4) is 0 Å². The number of aliphatic hydroxyl groups excluding tert-OH is 1. The highest BCUT2D eigenvalue weighted by molar-refractivity contribution is 7.48. The first-order chi connectivity index (χ1) is 22.0. The van der Waals surface area contributed by atoms with E-state index in [0.29, 0.717) is 0 Å². The molecule has 1 amide bonds. The number of rotatable bonds is 20. The van der Waals surface area contributed by atoms with E-state index in [0.717, 1.165) is 6.08 Å². The van der Waals surface area contributed by atoms with Gasteiger partial charge < -0.3 is 58.0 Å². The van der Waals surface area contributed by atoms with Gasteiger partial charge in [-0.1, -0.05) is 6.92 Å². The molecule has 0 radical (unpaired) electrons. The molecule has 6 unspecified atom stereocenters. The van der Waals surface area contributed by atoms with E-state index in [9.17, 15) is 28.4 Å². The number of hydrogen-bond donors (Lipinski definition) is 2. The zero-order valence-electron chi connectivity index (χ0n) is 25.9. The summed E-state index contributed by atoms with van der Waals surface area (Å²) in [5.41, 5.74) is -1.64. The first kappa shape index (κ1) is 37.8. The summed E-state index contributed by atoms with van der Waals surface area (Å²) >= 11 is 0. The van der Waals surface area contributed by atoms with E-state index in [1.54, 1.807) is 6.92 Å². The van der Waals surface area contributed by atoms with Crippen molar-refractivity contribution >= 4 is 26.0 Å². The molecule has 21 heteroatoms. The first-order valence-corrected chi connectivity index (χ1v) is 15.3. The lowest BCUT2D eigenvalue weighted by molar-refractivity contribution is -0.165. The van der Waals surface area contributed by atoms with E-state index in [1.807, 2.05) is 0 Å². The number of nitrogens with one attached hydrogen (secondary N) is 1. The Bertz CT molecular complexity index is 1050. The quantitative estimate of drug-likeness (QED) is 0.102. The molecule has 2 N–H and O–H groups in total. The third kappa shape index (κ3) is 9.69. The smallest absolute Gasteiger partial charge is 0.426 e. The van der Waals surface area contributed by atoms with Crippen molar-refractivity contribution in [3.63, 3.8) is 0 Å². The van der Waals surface area contributed by atoms with Crippen LogP contribution in [0.2, 0.25) is 0 Å². The topological polar surface area (TPSA) is 215 Å². The summed E-state index contributed by atoms with van der Waals surface area (Å²) in [7, 11) is 0.726. The summed E-state index contributed by atoms with van der Waals surface area (Å²) in [6.45, 7) is -1.53. The second-order valence-electron chi connectivity index (χ2n) is 10.2. The van der Waals surface area contributed by atoms with Crippen molar-refractivity contribution in [1.82, 2.24) is 10.2 Å². The molecule has 2 heterocycles. The zero-order chi connectivity index (χ0) is 33.9. The second kappa shape index (κ2) is 17.5. The summed E-state index contributed by atoms with van der Waals surface area (Å²) in [5.74, 6) is -1.81. The van der Waals surface area contributed by atoms with Crippen LogP contribution in [0.3, 0.4) is 0 Å². The lowest BCUT2D eigenvalue weighted by Gasteiger charge is -2.38. The van der Waals surface area contributed by atoms with Crippen LogP contribution >= 0.6 is 7.82 Å². The summed E-state index contributed by atoms with van der Waals surface area (Å²) < 4.78 is 89.3. The predicted octanol–water partition coefficient (Wildman–Crippen LogP) is 0.609. The summed E-state index contributed by atoms with van der Waals surface area (Å²) in [4.78, 5) is 37.1. The van der Waals surface area contributed by atoms with Crippen LogP contribution in [0.15, 0.2) is 12.3 Å². The number of alkyl halides is 1. The number of hydrogen-bond acceptors (Lipinski definition) is 18. The van der Waals surface area contributed by atoms with E-state index < -0.39 is 94.6 Å². The van der Waals surface area contributed by atoms with E-state index in [-0.39, 0.29) is 26.4 Å². The average molecular weight is 691 g/mol. The van der Waals surface area contributed by atoms with Crippen LogP contribution in [0.5, 0.6) is 0 Å². The fourth-order valence-corrected chi connectivity index (χ4v) is 6.16. The number of carbonyl (C=O) groups excluding carboxylic acids is 3. The number of ether oxygens (including phenoxy) is 9. The molecule has 19 nitrogen and oxygen atoms in total. The lowest BCUT2D eigenvalue weighted by Crippen LogP contribution is -2.54. The van der Waals surface area contributed by atoms with Crippen molar-refractivity contribution < 1.29 is 84.6 Å². The van der Waals surface area contributed by atoms with E-state index in [1.165, 1.54) is 39.5 Å². The number of amides is 1. The van der Waals surface area contributed by atoms with Gasteiger partial charge >= 0.3 is 20.1 Å². The first-order valence-electron chi connectivity index (χ1n) is 13.9. The minimum atomic E-state index is -4.80. The van der Waals surface area contributed by atoms with Gasteiger partial charge in [0.25, 0.3) is 0 Å². The van der Waals surface area contributed by atoms with Crippen LogP contribution < -0.4 is 5.32 Å². The van der Waals surface area contributed by atoms with Gasteiger partial charge in [-0.15, -0.1) is 0 Å². The van der Waals surface area contributed by atoms with Gasteiger partial charge in [0.05, 0.1) is 26.4 Å².